The molecule has 1 aromatic rings. The Hall–Kier alpha value is -1.24. The average Bonchev–Trinajstić information content (AvgIpc) is 3.00. The van der Waals surface area contributed by atoms with Gasteiger partial charge in [-0.2, -0.15) is 0 Å². The van der Waals surface area contributed by atoms with Gasteiger partial charge in [-0.25, -0.2) is 0 Å². The van der Waals surface area contributed by atoms with E-state index in [1.54, 1.807) is 7.11 Å². The maximum atomic E-state index is 5.31. The average molecular weight is 174 g/mol. The first-order valence-electron chi connectivity index (χ1n) is 4.65. The van der Waals surface area contributed by atoms with Gasteiger partial charge in [0.25, 0.3) is 0 Å². The Morgan fingerprint density at radius 3 is 2.77 bits per heavy atom. The molecule has 0 bridgehead atoms. The Morgan fingerprint density at radius 1 is 1.46 bits per heavy atom. The van der Waals surface area contributed by atoms with Gasteiger partial charge in [-0.1, -0.05) is 18.7 Å². The van der Waals surface area contributed by atoms with Crippen molar-refractivity contribution in [3.63, 3.8) is 0 Å². The van der Waals surface area contributed by atoms with Crippen molar-refractivity contribution < 1.29 is 4.74 Å². The number of benzene rings is 1. The monoisotopic (exact) mass is 174 g/mol. The fraction of sp³-hybridized carbons (Fsp3) is 0.333. The molecule has 0 unspecified atom stereocenters. The highest BCUT2D eigenvalue weighted by Crippen LogP contribution is 2.44. The van der Waals surface area contributed by atoms with Gasteiger partial charge in [0.15, 0.2) is 0 Å². The molecule has 1 nitrogen and oxygen atoms in total. The second-order valence-electron chi connectivity index (χ2n) is 3.48. The van der Waals surface area contributed by atoms with E-state index in [9.17, 15) is 0 Å². The Balaban J connectivity index is 2.40. The van der Waals surface area contributed by atoms with E-state index >= 15 is 0 Å². The standard InChI is InChI=1S/C12H14O/c1-3-9-4-7-12(13-2)11(8-9)10-5-6-10/h3-4,7-8,10H,1,5-6H2,2H3. The summed E-state index contributed by atoms with van der Waals surface area (Å²) >= 11 is 0. The zero-order chi connectivity index (χ0) is 9.26. The molecular weight excluding hydrogens is 160 g/mol. The molecule has 2 rings (SSSR count). The van der Waals surface area contributed by atoms with Crippen molar-refractivity contribution in [2.75, 3.05) is 7.11 Å². The molecule has 0 radical (unpaired) electrons. The van der Waals surface area contributed by atoms with Gasteiger partial charge in [-0.3, -0.25) is 0 Å². The summed E-state index contributed by atoms with van der Waals surface area (Å²) in [6, 6.07) is 6.26. The molecule has 0 aliphatic heterocycles. The molecule has 1 aliphatic carbocycles. The fourth-order valence-corrected chi connectivity index (χ4v) is 1.59. The Morgan fingerprint density at radius 2 is 2.23 bits per heavy atom. The number of hydrogen-bond acceptors (Lipinski definition) is 1. The molecule has 0 atom stereocenters. The highest BCUT2D eigenvalue weighted by atomic mass is 16.5. The second-order valence-corrected chi connectivity index (χ2v) is 3.48. The third-order valence-corrected chi connectivity index (χ3v) is 2.51. The van der Waals surface area contributed by atoms with Gasteiger partial charge in [-0.05, 0) is 42.0 Å². The minimum atomic E-state index is 0.731. The molecule has 0 amide bonds. The van der Waals surface area contributed by atoms with Crippen LogP contribution in [0.4, 0.5) is 0 Å². The quantitative estimate of drug-likeness (QED) is 0.683. The van der Waals surface area contributed by atoms with E-state index in [4.69, 9.17) is 4.74 Å². The smallest absolute Gasteiger partial charge is 0.122 e. The van der Waals surface area contributed by atoms with E-state index < -0.39 is 0 Å². The summed E-state index contributed by atoms with van der Waals surface area (Å²) < 4.78 is 5.31. The fourth-order valence-electron chi connectivity index (χ4n) is 1.59. The van der Waals surface area contributed by atoms with Crippen LogP contribution in [-0.2, 0) is 0 Å². The lowest BCUT2D eigenvalue weighted by molar-refractivity contribution is 0.410. The molecule has 1 saturated carbocycles. The van der Waals surface area contributed by atoms with Crippen LogP contribution in [0.1, 0.15) is 29.9 Å². The van der Waals surface area contributed by atoms with Crippen molar-refractivity contribution >= 4 is 6.08 Å². The summed E-state index contributed by atoms with van der Waals surface area (Å²) in [4.78, 5) is 0. The van der Waals surface area contributed by atoms with Gasteiger partial charge < -0.3 is 4.74 Å². The normalized spacial score (nSPS) is 15.5. The van der Waals surface area contributed by atoms with E-state index in [1.165, 1.54) is 24.0 Å². The van der Waals surface area contributed by atoms with Crippen LogP contribution in [0.25, 0.3) is 6.08 Å². The van der Waals surface area contributed by atoms with E-state index in [2.05, 4.69) is 12.6 Å². The molecule has 13 heavy (non-hydrogen) atoms. The Kier molecular flexibility index (Phi) is 2.09. The van der Waals surface area contributed by atoms with Crippen LogP contribution in [0.5, 0.6) is 5.75 Å². The minimum Gasteiger partial charge on any atom is -0.496 e. The van der Waals surface area contributed by atoms with Crippen LogP contribution in [-0.4, -0.2) is 7.11 Å². The molecular formula is C12H14O. The molecule has 0 spiro atoms. The maximum Gasteiger partial charge on any atom is 0.122 e. The van der Waals surface area contributed by atoms with Gasteiger partial charge >= 0.3 is 0 Å². The molecule has 0 heterocycles. The van der Waals surface area contributed by atoms with E-state index in [0.29, 0.717) is 0 Å². The first-order chi connectivity index (χ1) is 6.35. The van der Waals surface area contributed by atoms with Gasteiger partial charge in [0.1, 0.15) is 5.75 Å². The van der Waals surface area contributed by atoms with Crippen molar-refractivity contribution in [2.45, 2.75) is 18.8 Å². The predicted octanol–water partition coefficient (Wildman–Crippen LogP) is 3.22. The molecule has 1 fully saturated rings. The van der Waals surface area contributed by atoms with Crippen molar-refractivity contribution in [3.8, 4) is 5.75 Å². The van der Waals surface area contributed by atoms with Gasteiger partial charge in [0.2, 0.25) is 0 Å². The van der Waals surface area contributed by atoms with Crippen LogP contribution >= 0.6 is 0 Å². The highest BCUT2D eigenvalue weighted by Gasteiger charge is 2.26. The summed E-state index contributed by atoms with van der Waals surface area (Å²) in [5.41, 5.74) is 2.53. The SMILES string of the molecule is C=Cc1ccc(OC)c(C2CC2)c1. The van der Waals surface area contributed by atoms with Crippen LogP contribution < -0.4 is 4.74 Å². The lowest BCUT2D eigenvalue weighted by Crippen LogP contribution is -1.90. The summed E-state index contributed by atoms with van der Waals surface area (Å²) in [6.45, 7) is 3.77. The number of rotatable bonds is 3. The molecule has 0 N–H and O–H groups in total. The zero-order valence-electron chi connectivity index (χ0n) is 7.92. The van der Waals surface area contributed by atoms with Crippen LogP contribution in [0.3, 0.4) is 0 Å². The van der Waals surface area contributed by atoms with E-state index in [-0.39, 0.29) is 0 Å². The molecule has 1 aliphatic rings. The van der Waals surface area contributed by atoms with E-state index in [0.717, 1.165) is 11.7 Å². The zero-order valence-corrected chi connectivity index (χ0v) is 7.92. The largest absolute Gasteiger partial charge is 0.496 e. The number of methoxy groups -OCH3 is 1. The van der Waals surface area contributed by atoms with Crippen molar-refractivity contribution in [1.82, 2.24) is 0 Å². The molecule has 1 heteroatoms. The first kappa shape index (κ1) is 8.36. The third kappa shape index (κ3) is 1.59. The molecule has 68 valence electrons. The van der Waals surface area contributed by atoms with E-state index in [1.807, 2.05) is 18.2 Å². The lowest BCUT2D eigenvalue weighted by atomic mass is 10.1. The van der Waals surface area contributed by atoms with Gasteiger partial charge in [0.05, 0.1) is 7.11 Å². The lowest BCUT2D eigenvalue weighted by Gasteiger charge is -2.07. The second kappa shape index (κ2) is 3.25. The summed E-state index contributed by atoms with van der Waals surface area (Å²) in [6.07, 6.45) is 4.49. The van der Waals surface area contributed by atoms with Crippen molar-refractivity contribution in [1.29, 1.82) is 0 Å². The van der Waals surface area contributed by atoms with Crippen molar-refractivity contribution in [2.24, 2.45) is 0 Å². The predicted molar refractivity (Wildman–Crippen MR) is 55.1 cm³/mol. The third-order valence-electron chi connectivity index (χ3n) is 2.51. The van der Waals surface area contributed by atoms with Gasteiger partial charge in [0, 0.05) is 0 Å². The molecule has 0 saturated heterocycles. The number of hydrogen-bond donors (Lipinski definition) is 0. The summed E-state index contributed by atoms with van der Waals surface area (Å²) in [5.74, 6) is 1.75. The summed E-state index contributed by atoms with van der Waals surface area (Å²) in [5, 5.41) is 0. The topological polar surface area (TPSA) is 9.23 Å². The highest BCUT2D eigenvalue weighted by molar-refractivity contribution is 5.53. The van der Waals surface area contributed by atoms with Crippen LogP contribution in [0.15, 0.2) is 24.8 Å². The minimum absolute atomic E-state index is 0.731. The summed E-state index contributed by atoms with van der Waals surface area (Å²) in [7, 11) is 1.73. The van der Waals surface area contributed by atoms with Crippen LogP contribution in [0.2, 0.25) is 0 Å². The Labute approximate surface area is 79.0 Å². The maximum absolute atomic E-state index is 5.31. The van der Waals surface area contributed by atoms with Crippen LogP contribution in [0, 0.1) is 0 Å². The Bertz CT molecular complexity index is 324. The van der Waals surface area contributed by atoms with Crippen molar-refractivity contribution in [3.05, 3.63) is 35.9 Å². The van der Waals surface area contributed by atoms with Gasteiger partial charge in [-0.15, -0.1) is 0 Å². The molecule has 1 aromatic carbocycles. The molecule has 0 aromatic heterocycles. The first-order valence-corrected chi connectivity index (χ1v) is 4.65. The number of ether oxygens (including phenoxy) is 1.